The van der Waals surface area contributed by atoms with Crippen LogP contribution in [-0.2, 0) is 14.9 Å². The molecule has 1 heterocycles. The zero-order valence-corrected chi connectivity index (χ0v) is 14.1. The van der Waals surface area contributed by atoms with E-state index in [2.05, 4.69) is 21.2 Å². The molecule has 0 aromatic heterocycles. The minimum Gasteiger partial charge on any atom is -0.382 e. The average Bonchev–Trinajstić information content (AvgIpc) is 2.60. The Kier molecular flexibility index (Phi) is 4.52. The van der Waals surface area contributed by atoms with Crippen molar-refractivity contribution in [3.05, 3.63) is 33.1 Å². The molecule has 1 aliphatic heterocycles. The number of nitrogens with one attached hydrogen (secondary N) is 1. The summed E-state index contributed by atoms with van der Waals surface area (Å²) in [6.45, 7) is 0. The molecule has 0 atom stereocenters. The molecule has 0 spiro atoms. The summed E-state index contributed by atoms with van der Waals surface area (Å²) in [4.78, 5) is 12.0. The van der Waals surface area contributed by atoms with Crippen molar-refractivity contribution >= 4 is 66.3 Å². The molecule has 1 fully saturated rings. The second-order valence-corrected chi connectivity index (χ2v) is 8.03. The maximum absolute atomic E-state index is 11.6. The van der Waals surface area contributed by atoms with Crippen molar-refractivity contribution in [3.63, 3.8) is 0 Å². The van der Waals surface area contributed by atoms with Gasteiger partial charge in [0, 0.05) is 10.0 Å². The van der Waals surface area contributed by atoms with Crippen LogP contribution in [0.15, 0.2) is 27.6 Å². The van der Waals surface area contributed by atoms with Gasteiger partial charge in [0.2, 0.25) is 0 Å². The Balaban J connectivity index is 2.45. The van der Waals surface area contributed by atoms with Crippen LogP contribution in [0.25, 0.3) is 6.08 Å². The Labute approximate surface area is 134 Å². The second kappa shape index (κ2) is 5.84. The van der Waals surface area contributed by atoms with Gasteiger partial charge in [0.1, 0.15) is 10.1 Å². The molecule has 0 radical (unpaired) electrons. The molecule has 2 rings (SSSR count). The lowest BCUT2D eigenvalue weighted by molar-refractivity contribution is -0.115. The monoisotopic (exact) mass is 393 g/mol. The number of hydrogen-bond acceptors (Lipinski definition) is 6. The van der Waals surface area contributed by atoms with Crippen molar-refractivity contribution in [2.24, 2.45) is 0 Å². The molecule has 1 aliphatic rings. The van der Waals surface area contributed by atoms with Gasteiger partial charge in [0.05, 0.1) is 11.2 Å². The first-order valence-corrected chi connectivity index (χ1v) is 9.02. The third-order valence-electron chi connectivity index (χ3n) is 2.14. The van der Waals surface area contributed by atoms with Crippen LogP contribution in [0.3, 0.4) is 0 Å². The van der Waals surface area contributed by atoms with Gasteiger partial charge in [-0.2, -0.15) is 8.42 Å². The fourth-order valence-corrected chi connectivity index (χ4v) is 3.33. The van der Waals surface area contributed by atoms with Crippen molar-refractivity contribution in [3.8, 4) is 5.75 Å². The first kappa shape index (κ1) is 15.5. The molecule has 0 aliphatic carbocycles. The highest BCUT2D eigenvalue weighted by atomic mass is 79.9. The Morgan fingerprint density at radius 3 is 2.70 bits per heavy atom. The Morgan fingerprint density at radius 1 is 1.45 bits per heavy atom. The Bertz CT molecular complexity index is 727. The van der Waals surface area contributed by atoms with Gasteiger partial charge in [-0.1, -0.05) is 39.9 Å². The van der Waals surface area contributed by atoms with E-state index in [1.54, 1.807) is 12.1 Å². The lowest BCUT2D eigenvalue weighted by Gasteiger charge is -2.07. The summed E-state index contributed by atoms with van der Waals surface area (Å²) < 4.78 is 28.5. The zero-order chi connectivity index (χ0) is 14.9. The van der Waals surface area contributed by atoms with Crippen LogP contribution in [0.2, 0.25) is 0 Å². The number of halogens is 1. The molecular weight excluding hydrogens is 386 g/mol. The first-order valence-electron chi connectivity index (χ1n) is 5.18. The fourth-order valence-electron chi connectivity index (χ4n) is 1.43. The zero-order valence-electron chi connectivity index (χ0n) is 10.0. The second-order valence-electron chi connectivity index (χ2n) is 3.82. The van der Waals surface area contributed by atoms with Crippen molar-refractivity contribution < 1.29 is 17.4 Å². The van der Waals surface area contributed by atoms with Gasteiger partial charge >= 0.3 is 10.1 Å². The Morgan fingerprint density at radius 2 is 2.15 bits per heavy atom. The number of hydrogen-bond donors (Lipinski definition) is 1. The number of thioether (sulfide) groups is 1. The van der Waals surface area contributed by atoms with Crippen molar-refractivity contribution in [1.29, 1.82) is 0 Å². The molecule has 20 heavy (non-hydrogen) atoms. The predicted octanol–water partition coefficient (Wildman–Crippen LogP) is 2.28. The quantitative estimate of drug-likeness (QED) is 0.482. The minimum atomic E-state index is -3.65. The number of benzene rings is 1. The van der Waals surface area contributed by atoms with Crippen molar-refractivity contribution in [2.45, 2.75) is 0 Å². The maximum Gasteiger partial charge on any atom is 0.306 e. The molecule has 0 unspecified atom stereocenters. The van der Waals surface area contributed by atoms with Crippen LogP contribution in [0, 0.1) is 0 Å². The summed E-state index contributed by atoms with van der Waals surface area (Å²) in [6, 6.07) is 4.81. The van der Waals surface area contributed by atoms with Crippen LogP contribution in [0.5, 0.6) is 5.75 Å². The summed E-state index contributed by atoms with van der Waals surface area (Å²) in [5, 5.41) is 2.49. The lowest BCUT2D eigenvalue weighted by atomic mass is 10.2. The standard InChI is InChI=1S/C11H8BrNO4S3/c1-20(15,16)17-8-3-2-7(12)4-6(8)5-9-10(14)13-11(18)19-9/h2-5H,1H3,(H,13,14,18)/b9-5+. The number of amides is 1. The molecule has 1 aromatic carbocycles. The third-order valence-corrected chi connectivity index (χ3v) is 4.28. The van der Waals surface area contributed by atoms with E-state index in [0.717, 1.165) is 22.5 Å². The van der Waals surface area contributed by atoms with Gasteiger partial charge in [-0.05, 0) is 24.3 Å². The van der Waals surface area contributed by atoms with Crippen LogP contribution in [0.1, 0.15) is 5.56 Å². The number of carbonyl (C=O) groups excluding carboxylic acids is 1. The smallest absolute Gasteiger partial charge is 0.306 e. The van der Waals surface area contributed by atoms with E-state index in [-0.39, 0.29) is 11.7 Å². The lowest BCUT2D eigenvalue weighted by Crippen LogP contribution is -2.17. The number of rotatable bonds is 3. The van der Waals surface area contributed by atoms with E-state index >= 15 is 0 Å². The highest BCUT2D eigenvalue weighted by molar-refractivity contribution is 9.10. The summed E-state index contributed by atoms with van der Waals surface area (Å²) in [5.74, 6) is -0.167. The normalized spacial score (nSPS) is 17.4. The van der Waals surface area contributed by atoms with Gasteiger partial charge in [0.25, 0.3) is 5.91 Å². The summed E-state index contributed by atoms with van der Waals surface area (Å²) in [6.07, 6.45) is 2.49. The van der Waals surface area contributed by atoms with Gasteiger partial charge < -0.3 is 9.50 Å². The van der Waals surface area contributed by atoms with Crippen LogP contribution in [-0.4, -0.2) is 24.9 Å². The SMILES string of the molecule is CS(=O)(=O)Oc1ccc(Br)cc1/C=C1/SC(=S)NC1=O. The summed E-state index contributed by atoms with van der Waals surface area (Å²) in [7, 11) is -3.65. The van der Waals surface area contributed by atoms with E-state index in [1.165, 1.54) is 12.1 Å². The Hall–Kier alpha value is -0.900. The third kappa shape index (κ3) is 4.05. The molecule has 1 saturated heterocycles. The molecule has 106 valence electrons. The first-order chi connectivity index (χ1) is 9.24. The molecule has 1 aromatic rings. The van der Waals surface area contributed by atoms with Crippen LogP contribution >= 0.6 is 39.9 Å². The maximum atomic E-state index is 11.6. The van der Waals surface area contributed by atoms with E-state index in [9.17, 15) is 13.2 Å². The van der Waals surface area contributed by atoms with E-state index in [1.807, 2.05) is 0 Å². The van der Waals surface area contributed by atoms with Gasteiger partial charge in [-0.15, -0.1) is 0 Å². The highest BCUT2D eigenvalue weighted by Gasteiger charge is 2.23. The number of carbonyl (C=O) groups is 1. The van der Waals surface area contributed by atoms with Gasteiger partial charge in [0.15, 0.2) is 0 Å². The molecule has 0 bridgehead atoms. The van der Waals surface area contributed by atoms with Crippen molar-refractivity contribution in [1.82, 2.24) is 5.32 Å². The molecular formula is C11H8BrNO4S3. The number of thiocarbonyl (C=S) groups is 1. The fraction of sp³-hybridized carbons (Fsp3) is 0.0909. The average molecular weight is 394 g/mol. The van der Waals surface area contributed by atoms with Crippen LogP contribution in [0.4, 0.5) is 0 Å². The largest absolute Gasteiger partial charge is 0.382 e. The van der Waals surface area contributed by atoms with Crippen LogP contribution < -0.4 is 9.50 Å². The minimum absolute atomic E-state index is 0.148. The molecule has 9 heteroatoms. The van der Waals surface area contributed by atoms with E-state index < -0.39 is 10.1 Å². The molecule has 1 amide bonds. The predicted molar refractivity (Wildman–Crippen MR) is 85.9 cm³/mol. The molecule has 5 nitrogen and oxygen atoms in total. The van der Waals surface area contributed by atoms with Gasteiger partial charge in [-0.25, -0.2) is 0 Å². The van der Waals surface area contributed by atoms with E-state index in [4.69, 9.17) is 16.4 Å². The van der Waals surface area contributed by atoms with E-state index in [0.29, 0.717) is 14.8 Å². The summed E-state index contributed by atoms with van der Waals surface area (Å²) in [5.41, 5.74) is 0.465. The van der Waals surface area contributed by atoms with Crippen molar-refractivity contribution in [2.75, 3.05) is 6.26 Å². The molecule has 1 N–H and O–H groups in total. The van der Waals surface area contributed by atoms with Gasteiger partial charge in [-0.3, -0.25) is 4.79 Å². The highest BCUT2D eigenvalue weighted by Crippen LogP contribution is 2.31. The topological polar surface area (TPSA) is 72.5 Å². The molecule has 0 saturated carbocycles. The summed E-state index contributed by atoms with van der Waals surface area (Å²) >= 11 is 9.29.